The maximum absolute atomic E-state index is 11.1. The number of rotatable bonds is 4. The van der Waals surface area contributed by atoms with Gasteiger partial charge in [-0.3, -0.25) is 15.0 Å². The van der Waals surface area contributed by atoms with Crippen LogP contribution in [0.3, 0.4) is 0 Å². The Bertz CT molecular complexity index is 501. The Morgan fingerprint density at radius 3 is 2.84 bits per heavy atom. The molecule has 3 rings (SSSR count). The number of hydrogen-bond donors (Lipinski definition) is 2. The van der Waals surface area contributed by atoms with Crippen LogP contribution in [0.5, 0.6) is 0 Å². The topological polar surface area (TPSA) is 84.4 Å². The second kappa shape index (κ2) is 4.70. The molecule has 2 fully saturated rings. The number of nitrogens with zero attached hydrogens (tertiary/aromatic N) is 2. The molecule has 1 aliphatic carbocycles. The van der Waals surface area contributed by atoms with Gasteiger partial charge in [-0.2, -0.15) is 0 Å². The zero-order valence-electron chi connectivity index (χ0n) is 10.7. The number of likely N-dealkylation sites (tertiary alicyclic amines) is 1. The second-order valence-electron chi connectivity index (χ2n) is 5.36. The highest BCUT2D eigenvalue weighted by atomic mass is 16.6. The van der Waals surface area contributed by atoms with Gasteiger partial charge in [0.25, 0.3) is 0 Å². The molecule has 6 nitrogen and oxygen atoms in total. The van der Waals surface area contributed by atoms with Gasteiger partial charge in [-0.15, -0.1) is 0 Å². The molecule has 1 heterocycles. The Morgan fingerprint density at radius 1 is 1.37 bits per heavy atom. The van der Waals surface area contributed by atoms with Crippen LogP contribution in [0.1, 0.15) is 19.3 Å². The molecule has 0 amide bonds. The van der Waals surface area contributed by atoms with Gasteiger partial charge >= 0.3 is 5.69 Å². The molecule has 0 aromatic heterocycles. The van der Waals surface area contributed by atoms with Gasteiger partial charge < -0.3 is 11.1 Å². The summed E-state index contributed by atoms with van der Waals surface area (Å²) in [5.41, 5.74) is 6.43. The van der Waals surface area contributed by atoms with Gasteiger partial charge in [-0.1, -0.05) is 6.07 Å². The fourth-order valence-electron chi connectivity index (χ4n) is 2.78. The minimum Gasteiger partial charge on any atom is -0.393 e. The average Bonchev–Trinajstić information content (AvgIpc) is 3.10. The van der Waals surface area contributed by atoms with E-state index in [0.717, 1.165) is 25.6 Å². The molecule has 0 bridgehead atoms. The van der Waals surface area contributed by atoms with Crippen molar-refractivity contribution in [3.8, 4) is 0 Å². The number of nitro groups is 1. The standard InChI is InChI=1S/C13H18N4O2/c14-11-2-1-3-12(13(11)17(18)19)15-9-6-7-16(8-9)10-4-5-10/h1-3,9-10,15H,4-8,14H2. The van der Waals surface area contributed by atoms with E-state index in [1.54, 1.807) is 18.2 Å². The van der Waals surface area contributed by atoms with Crippen LogP contribution in [-0.2, 0) is 0 Å². The number of hydrogen-bond acceptors (Lipinski definition) is 5. The first kappa shape index (κ1) is 12.2. The van der Waals surface area contributed by atoms with Gasteiger partial charge in [-0.05, 0) is 31.4 Å². The van der Waals surface area contributed by atoms with Crippen LogP contribution >= 0.6 is 0 Å². The van der Waals surface area contributed by atoms with Crippen molar-refractivity contribution in [3.05, 3.63) is 28.3 Å². The zero-order valence-corrected chi connectivity index (χ0v) is 10.7. The number of nitro benzene ring substituents is 1. The van der Waals surface area contributed by atoms with Crippen molar-refractivity contribution >= 4 is 17.1 Å². The molecule has 1 aliphatic heterocycles. The van der Waals surface area contributed by atoms with Crippen molar-refractivity contribution in [1.29, 1.82) is 0 Å². The van der Waals surface area contributed by atoms with Gasteiger partial charge in [0.2, 0.25) is 0 Å². The minimum atomic E-state index is -0.411. The molecule has 1 atom stereocenters. The minimum absolute atomic E-state index is 0.00706. The summed E-state index contributed by atoms with van der Waals surface area (Å²) in [7, 11) is 0. The fourth-order valence-corrected chi connectivity index (χ4v) is 2.78. The van der Waals surface area contributed by atoms with Crippen molar-refractivity contribution in [1.82, 2.24) is 4.90 Å². The third kappa shape index (κ3) is 2.49. The summed E-state index contributed by atoms with van der Waals surface area (Å²) in [6.45, 7) is 2.05. The van der Waals surface area contributed by atoms with Crippen LogP contribution in [0, 0.1) is 10.1 Å². The van der Waals surface area contributed by atoms with Crippen LogP contribution in [0.15, 0.2) is 18.2 Å². The normalized spacial score (nSPS) is 23.5. The van der Waals surface area contributed by atoms with E-state index in [1.807, 2.05) is 0 Å². The predicted molar refractivity (Wildman–Crippen MR) is 74.1 cm³/mol. The Kier molecular flexibility index (Phi) is 3.02. The van der Waals surface area contributed by atoms with E-state index in [-0.39, 0.29) is 17.4 Å². The lowest BCUT2D eigenvalue weighted by Crippen LogP contribution is -2.28. The summed E-state index contributed by atoms with van der Waals surface area (Å²) in [6, 6.07) is 6.07. The molecule has 102 valence electrons. The van der Waals surface area contributed by atoms with E-state index in [0.29, 0.717) is 5.69 Å². The van der Waals surface area contributed by atoms with Gasteiger partial charge in [0.1, 0.15) is 11.4 Å². The molecule has 1 saturated carbocycles. The van der Waals surface area contributed by atoms with Gasteiger partial charge in [0, 0.05) is 25.2 Å². The lowest BCUT2D eigenvalue weighted by atomic mass is 10.2. The molecule has 1 saturated heterocycles. The maximum Gasteiger partial charge on any atom is 0.314 e. The molecular formula is C13H18N4O2. The quantitative estimate of drug-likeness (QED) is 0.491. The Labute approximate surface area is 111 Å². The monoisotopic (exact) mass is 262 g/mol. The third-order valence-electron chi connectivity index (χ3n) is 3.89. The number of nitrogens with one attached hydrogen (secondary N) is 1. The van der Waals surface area contributed by atoms with E-state index in [1.165, 1.54) is 12.8 Å². The first-order valence-electron chi connectivity index (χ1n) is 6.68. The molecule has 6 heteroatoms. The maximum atomic E-state index is 11.1. The first-order chi connectivity index (χ1) is 9.15. The average molecular weight is 262 g/mol. The third-order valence-corrected chi connectivity index (χ3v) is 3.89. The van der Waals surface area contributed by atoms with Crippen LogP contribution in [0.4, 0.5) is 17.1 Å². The van der Waals surface area contributed by atoms with Crippen molar-refractivity contribution in [2.75, 3.05) is 24.1 Å². The molecule has 2 aliphatic rings. The summed E-state index contributed by atoms with van der Waals surface area (Å²) < 4.78 is 0. The number of anilines is 2. The van der Waals surface area contributed by atoms with E-state index in [9.17, 15) is 10.1 Å². The Balaban J connectivity index is 1.73. The molecule has 19 heavy (non-hydrogen) atoms. The van der Waals surface area contributed by atoms with Crippen molar-refractivity contribution in [3.63, 3.8) is 0 Å². The zero-order chi connectivity index (χ0) is 13.4. The summed E-state index contributed by atoms with van der Waals surface area (Å²) in [5, 5.41) is 14.4. The van der Waals surface area contributed by atoms with E-state index >= 15 is 0 Å². The molecule has 0 spiro atoms. The summed E-state index contributed by atoms with van der Waals surface area (Å²) in [6.07, 6.45) is 3.62. The highest BCUT2D eigenvalue weighted by Crippen LogP contribution is 2.34. The highest BCUT2D eigenvalue weighted by Gasteiger charge is 2.34. The van der Waals surface area contributed by atoms with Crippen LogP contribution in [-0.4, -0.2) is 35.0 Å². The molecular weight excluding hydrogens is 244 g/mol. The van der Waals surface area contributed by atoms with Crippen molar-refractivity contribution in [2.45, 2.75) is 31.3 Å². The Hall–Kier alpha value is -1.82. The van der Waals surface area contributed by atoms with Gasteiger partial charge in [-0.25, -0.2) is 0 Å². The van der Waals surface area contributed by atoms with Crippen molar-refractivity contribution in [2.24, 2.45) is 0 Å². The van der Waals surface area contributed by atoms with E-state index in [4.69, 9.17) is 5.73 Å². The second-order valence-corrected chi connectivity index (χ2v) is 5.36. The lowest BCUT2D eigenvalue weighted by Gasteiger charge is -2.17. The van der Waals surface area contributed by atoms with Crippen LogP contribution < -0.4 is 11.1 Å². The smallest absolute Gasteiger partial charge is 0.314 e. The van der Waals surface area contributed by atoms with E-state index < -0.39 is 4.92 Å². The number of para-hydroxylation sites is 1. The SMILES string of the molecule is Nc1cccc(NC2CCN(C3CC3)C2)c1[N+](=O)[O-]. The largest absolute Gasteiger partial charge is 0.393 e. The van der Waals surface area contributed by atoms with Crippen LogP contribution in [0.2, 0.25) is 0 Å². The number of nitrogen functional groups attached to an aromatic ring is 1. The first-order valence-corrected chi connectivity index (χ1v) is 6.68. The summed E-state index contributed by atoms with van der Waals surface area (Å²) in [4.78, 5) is 13.1. The molecule has 1 unspecified atom stereocenters. The summed E-state index contributed by atoms with van der Waals surface area (Å²) in [5.74, 6) is 0. The molecule has 3 N–H and O–H groups in total. The molecule has 0 radical (unpaired) electrons. The Morgan fingerprint density at radius 2 is 2.16 bits per heavy atom. The van der Waals surface area contributed by atoms with Crippen LogP contribution in [0.25, 0.3) is 0 Å². The van der Waals surface area contributed by atoms with E-state index in [2.05, 4.69) is 10.2 Å². The molecule has 1 aromatic rings. The molecule has 1 aromatic carbocycles. The predicted octanol–water partition coefficient (Wildman–Crippen LogP) is 1.83. The van der Waals surface area contributed by atoms with Crippen molar-refractivity contribution < 1.29 is 4.92 Å². The summed E-state index contributed by atoms with van der Waals surface area (Å²) >= 11 is 0. The lowest BCUT2D eigenvalue weighted by molar-refractivity contribution is -0.383. The highest BCUT2D eigenvalue weighted by molar-refractivity contribution is 5.74. The fraction of sp³-hybridized carbons (Fsp3) is 0.538. The van der Waals surface area contributed by atoms with Gasteiger partial charge in [0.05, 0.1) is 4.92 Å². The van der Waals surface area contributed by atoms with Gasteiger partial charge in [0.15, 0.2) is 0 Å². The number of nitrogens with two attached hydrogens (primary N) is 1. The number of benzene rings is 1.